The SMILES string of the molecule is CC(C)C1CNC2(CCCC2)CN1CCCCC(F)(F)F. The summed E-state index contributed by atoms with van der Waals surface area (Å²) in [5.41, 5.74) is 0.245. The molecule has 0 aromatic carbocycles. The van der Waals surface area contributed by atoms with E-state index >= 15 is 0 Å². The Bertz CT molecular complexity index is 322. The van der Waals surface area contributed by atoms with Crippen molar-refractivity contribution in [2.45, 2.75) is 76.6 Å². The molecule has 2 nitrogen and oxygen atoms in total. The zero-order valence-electron chi connectivity index (χ0n) is 13.3. The number of unbranched alkanes of at least 4 members (excludes halogenated alkanes) is 1. The van der Waals surface area contributed by atoms with Crippen LogP contribution in [0.4, 0.5) is 13.2 Å². The summed E-state index contributed by atoms with van der Waals surface area (Å²) in [6.07, 6.45) is 1.25. The first-order valence-electron chi connectivity index (χ1n) is 8.37. The predicted molar refractivity (Wildman–Crippen MR) is 79.3 cm³/mol. The summed E-state index contributed by atoms with van der Waals surface area (Å²) in [6.45, 7) is 7.23. The number of alkyl halides is 3. The van der Waals surface area contributed by atoms with Crippen LogP contribution < -0.4 is 5.32 Å². The molecule has 1 saturated carbocycles. The smallest absolute Gasteiger partial charge is 0.308 e. The maximum atomic E-state index is 12.2. The summed E-state index contributed by atoms with van der Waals surface area (Å²) in [5, 5.41) is 3.75. The molecule has 1 unspecified atom stereocenters. The molecule has 0 radical (unpaired) electrons. The van der Waals surface area contributed by atoms with E-state index in [1.54, 1.807) is 0 Å². The lowest BCUT2D eigenvalue weighted by Gasteiger charge is -2.48. The fourth-order valence-corrected chi connectivity index (χ4v) is 3.94. The first-order valence-corrected chi connectivity index (χ1v) is 8.37. The van der Waals surface area contributed by atoms with Crippen molar-refractivity contribution in [1.29, 1.82) is 0 Å². The Morgan fingerprint density at radius 2 is 1.86 bits per heavy atom. The van der Waals surface area contributed by atoms with Crippen molar-refractivity contribution in [1.82, 2.24) is 10.2 Å². The van der Waals surface area contributed by atoms with Gasteiger partial charge in [-0.25, -0.2) is 0 Å². The maximum Gasteiger partial charge on any atom is 0.389 e. The van der Waals surface area contributed by atoms with Crippen LogP contribution in [0, 0.1) is 5.92 Å². The van der Waals surface area contributed by atoms with Gasteiger partial charge in [-0.15, -0.1) is 0 Å². The van der Waals surface area contributed by atoms with Gasteiger partial charge >= 0.3 is 6.18 Å². The lowest BCUT2D eigenvalue weighted by atomic mass is 9.89. The number of nitrogens with zero attached hydrogens (tertiary/aromatic N) is 1. The van der Waals surface area contributed by atoms with Gasteiger partial charge in [0, 0.05) is 31.1 Å². The van der Waals surface area contributed by atoms with Crippen LogP contribution in [-0.4, -0.2) is 42.3 Å². The molecule has 5 heteroatoms. The predicted octanol–water partition coefficient (Wildman–Crippen LogP) is 3.96. The molecule has 0 bridgehead atoms. The molecule has 1 aliphatic heterocycles. The summed E-state index contributed by atoms with van der Waals surface area (Å²) in [5.74, 6) is 0.541. The third-order valence-electron chi connectivity index (χ3n) is 5.15. The van der Waals surface area contributed by atoms with Crippen LogP contribution in [0.15, 0.2) is 0 Å². The van der Waals surface area contributed by atoms with E-state index in [1.165, 1.54) is 25.7 Å². The van der Waals surface area contributed by atoms with E-state index in [0.717, 1.165) is 19.6 Å². The number of rotatable bonds is 5. The van der Waals surface area contributed by atoms with Gasteiger partial charge in [0.05, 0.1) is 0 Å². The van der Waals surface area contributed by atoms with Crippen LogP contribution in [-0.2, 0) is 0 Å². The Kier molecular flexibility index (Phi) is 5.58. The minimum absolute atomic E-state index is 0.245. The van der Waals surface area contributed by atoms with Crippen LogP contribution in [0.5, 0.6) is 0 Å². The minimum atomic E-state index is -4.01. The summed E-state index contributed by atoms with van der Waals surface area (Å²) in [4.78, 5) is 2.46. The zero-order valence-corrected chi connectivity index (χ0v) is 13.3. The second-order valence-corrected chi connectivity index (χ2v) is 7.22. The molecule has 2 fully saturated rings. The second kappa shape index (κ2) is 6.86. The van der Waals surface area contributed by atoms with Crippen LogP contribution in [0.1, 0.15) is 58.8 Å². The Balaban J connectivity index is 1.85. The quantitative estimate of drug-likeness (QED) is 0.773. The number of halogens is 3. The number of piperazine rings is 1. The lowest BCUT2D eigenvalue weighted by molar-refractivity contribution is -0.135. The van der Waals surface area contributed by atoms with Crippen molar-refractivity contribution in [2.75, 3.05) is 19.6 Å². The Morgan fingerprint density at radius 3 is 2.43 bits per heavy atom. The van der Waals surface area contributed by atoms with Gasteiger partial charge in [-0.1, -0.05) is 26.7 Å². The average molecular weight is 306 g/mol. The average Bonchev–Trinajstić information content (AvgIpc) is 2.81. The molecule has 2 rings (SSSR count). The van der Waals surface area contributed by atoms with Gasteiger partial charge in [-0.05, 0) is 38.1 Å². The van der Waals surface area contributed by atoms with E-state index in [1.807, 2.05) is 0 Å². The van der Waals surface area contributed by atoms with E-state index < -0.39 is 12.6 Å². The molecule has 1 atom stereocenters. The highest BCUT2D eigenvalue weighted by Gasteiger charge is 2.41. The van der Waals surface area contributed by atoms with Gasteiger partial charge in [-0.2, -0.15) is 13.2 Å². The van der Waals surface area contributed by atoms with Crippen LogP contribution in [0.3, 0.4) is 0 Å². The Hall–Kier alpha value is -0.290. The van der Waals surface area contributed by atoms with Gasteiger partial charge in [-0.3, -0.25) is 4.90 Å². The van der Waals surface area contributed by atoms with E-state index in [-0.39, 0.29) is 12.0 Å². The van der Waals surface area contributed by atoms with Crippen molar-refractivity contribution in [3.8, 4) is 0 Å². The maximum absolute atomic E-state index is 12.2. The first-order chi connectivity index (χ1) is 9.81. The molecule has 0 aromatic rings. The topological polar surface area (TPSA) is 15.3 Å². The molecular formula is C16H29F3N2. The molecular weight excluding hydrogens is 277 g/mol. The van der Waals surface area contributed by atoms with Crippen molar-refractivity contribution < 1.29 is 13.2 Å². The standard InChI is InChI=1S/C16H29F3N2/c1-13(2)14-11-20-15(7-3-4-8-15)12-21(14)10-6-5-9-16(17,18)19/h13-14,20H,3-12H2,1-2H3. The molecule has 1 aliphatic carbocycles. The second-order valence-electron chi connectivity index (χ2n) is 7.22. The highest BCUT2D eigenvalue weighted by atomic mass is 19.4. The van der Waals surface area contributed by atoms with Gasteiger partial charge in [0.2, 0.25) is 0 Å². The van der Waals surface area contributed by atoms with Crippen molar-refractivity contribution >= 4 is 0 Å². The van der Waals surface area contributed by atoms with Gasteiger partial charge < -0.3 is 5.32 Å². The fourth-order valence-electron chi connectivity index (χ4n) is 3.94. The molecule has 21 heavy (non-hydrogen) atoms. The highest BCUT2D eigenvalue weighted by molar-refractivity contribution is 5.01. The van der Waals surface area contributed by atoms with Crippen molar-refractivity contribution in [3.05, 3.63) is 0 Å². The normalized spacial score (nSPS) is 26.9. The zero-order chi connectivity index (χ0) is 15.5. The minimum Gasteiger partial charge on any atom is -0.308 e. The Labute approximate surface area is 126 Å². The number of hydrogen-bond donors (Lipinski definition) is 1. The molecule has 1 N–H and O–H groups in total. The third-order valence-corrected chi connectivity index (χ3v) is 5.15. The van der Waals surface area contributed by atoms with Gasteiger partial charge in [0.1, 0.15) is 0 Å². The van der Waals surface area contributed by atoms with Gasteiger partial charge in [0.15, 0.2) is 0 Å². The molecule has 1 saturated heterocycles. The van der Waals surface area contributed by atoms with Gasteiger partial charge in [0.25, 0.3) is 0 Å². The largest absolute Gasteiger partial charge is 0.389 e. The lowest BCUT2D eigenvalue weighted by Crippen LogP contribution is -2.64. The molecule has 0 aromatic heterocycles. The van der Waals surface area contributed by atoms with Crippen LogP contribution >= 0.6 is 0 Å². The summed E-state index contributed by atoms with van der Waals surface area (Å²) < 4.78 is 36.7. The van der Waals surface area contributed by atoms with E-state index in [2.05, 4.69) is 24.1 Å². The summed E-state index contributed by atoms with van der Waals surface area (Å²) in [7, 11) is 0. The fraction of sp³-hybridized carbons (Fsp3) is 1.00. The van der Waals surface area contributed by atoms with E-state index in [0.29, 0.717) is 18.4 Å². The van der Waals surface area contributed by atoms with Crippen LogP contribution in [0.25, 0.3) is 0 Å². The van der Waals surface area contributed by atoms with Crippen LogP contribution in [0.2, 0.25) is 0 Å². The van der Waals surface area contributed by atoms with Crippen molar-refractivity contribution in [3.63, 3.8) is 0 Å². The molecule has 1 heterocycles. The Morgan fingerprint density at radius 1 is 1.19 bits per heavy atom. The summed E-state index contributed by atoms with van der Waals surface area (Å²) in [6, 6.07) is 0.460. The molecule has 124 valence electrons. The van der Waals surface area contributed by atoms with E-state index in [4.69, 9.17) is 0 Å². The summed E-state index contributed by atoms with van der Waals surface area (Å²) >= 11 is 0. The number of nitrogens with one attached hydrogen (secondary N) is 1. The molecule has 1 spiro atoms. The third kappa shape index (κ3) is 4.85. The molecule has 0 amide bonds. The molecule has 2 aliphatic rings. The van der Waals surface area contributed by atoms with Crippen molar-refractivity contribution in [2.24, 2.45) is 5.92 Å². The van der Waals surface area contributed by atoms with E-state index in [9.17, 15) is 13.2 Å². The monoisotopic (exact) mass is 306 g/mol. The highest BCUT2D eigenvalue weighted by Crippen LogP contribution is 2.34. The first kappa shape index (κ1) is 17.1. The number of hydrogen-bond acceptors (Lipinski definition) is 2.